The summed E-state index contributed by atoms with van der Waals surface area (Å²) in [5.74, 6) is 1.99. The number of carbonyl (C=O) groups is 1. The Balaban J connectivity index is 1.30. The van der Waals surface area contributed by atoms with Crippen LogP contribution in [0.3, 0.4) is 0 Å². The molecule has 1 fully saturated rings. The van der Waals surface area contributed by atoms with Gasteiger partial charge in [-0.25, -0.2) is 4.98 Å². The number of hydrogen-bond donors (Lipinski definition) is 2. The molecule has 1 amide bonds. The molecule has 2 aliphatic heterocycles. The van der Waals surface area contributed by atoms with Gasteiger partial charge in [-0.2, -0.15) is 4.98 Å². The second kappa shape index (κ2) is 6.33. The average Bonchev–Trinajstić information content (AvgIpc) is 3.16. The van der Waals surface area contributed by atoms with Gasteiger partial charge in [0.1, 0.15) is 11.4 Å². The summed E-state index contributed by atoms with van der Waals surface area (Å²) in [4.78, 5) is 23.7. The monoisotopic (exact) mass is 376 g/mol. The summed E-state index contributed by atoms with van der Waals surface area (Å²) in [6.45, 7) is 3.27. The standard InChI is InChI=1S/C20H20N6O2/c1-13-22-18(28-25-13)14-6-7-17(21-12-14)26-10-8-20(9-11-26)19(27)23-15-4-2-3-5-16(15)24-20/h2-7,12,24H,8-11H2,1H3,(H,23,27). The van der Waals surface area contributed by atoms with Gasteiger partial charge in [-0.1, -0.05) is 17.3 Å². The molecular weight excluding hydrogens is 356 g/mol. The van der Waals surface area contributed by atoms with E-state index in [1.807, 2.05) is 36.4 Å². The summed E-state index contributed by atoms with van der Waals surface area (Å²) < 4.78 is 5.18. The fraction of sp³-hybridized carbons (Fsp3) is 0.300. The number of fused-ring (bicyclic) bond motifs is 1. The van der Waals surface area contributed by atoms with Crippen molar-refractivity contribution in [3.8, 4) is 11.5 Å². The van der Waals surface area contributed by atoms with Crippen molar-refractivity contribution in [1.82, 2.24) is 15.1 Å². The van der Waals surface area contributed by atoms with Crippen LogP contribution in [0.5, 0.6) is 0 Å². The molecule has 0 radical (unpaired) electrons. The molecule has 2 N–H and O–H groups in total. The lowest BCUT2D eigenvalue weighted by atomic mass is 9.84. The quantitative estimate of drug-likeness (QED) is 0.710. The van der Waals surface area contributed by atoms with Crippen LogP contribution in [0.15, 0.2) is 47.1 Å². The van der Waals surface area contributed by atoms with Gasteiger partial charge in [-0.05, 0) is 44.0 Å². The number of aryl methyl sites for hydroxylation is 1. The minimum Gasteiger partial charge on any atom is -0.369 e. The third kappa shape index (κ3) is 2.77. The lowest BCUT2D eigenvalue weighted by Crippen LogP contribution is -2.58. The van der Waals surface area contributed by atoms with E-state index >= 15 is 0 Å². The number of nitrogens with zero attached hydrogens (tertiary/aromatic N) is 4. The van der Waals surface area contributed by atoms with E-state index in [1.165, 1.54) is 0 Å². The zero-order valence-corrected chi connectivity index (χ0v) is 15.5. The number of rotatable bonds is 2. The SMILES string of the molecule is Cc1noc(-c2ccc(N3CCC4(CC3)Nc3ccccc3NC4=O)nc2)n1. The molecule has 28 heavy (non-hydrogen) atoms. The summed E-state index contributed by atoms with van der Waals surface area (Å²) in [5.41, 5.74) is 2.05. The Morgan fingerprint density at radius 1 is 1.11 bits per heavy atom. The van der Waals surface area contributed by atoms with Crippen molar-refractivity contribution in [1.29, 1.82) is 0 Å². The highest BCUT2D eigenvalue weighted by Crippen LogP contribution is 2.37. The lowest BCUT2D eigenvalue weighted by molar-refractivity contribution is -0.121. The first kappa shape index (κ1) is 16.7. The summed E-state index contributed by atoms with van der Waals surface area (Å²) in [5, 5.41) is 10.3. The molecule has 0 bridgehead atoms. The van der Waals surface area contributed by atoms with E-state index in [-0.39, 0.29) is 5.91 Å². The molecule has 1 aromatic carbocycles. The van der Waals surface area contributed by atoms with Crippen LogP contribution in [0.4, 0.5) is 17.2 Å². The van der Waals surface area contributed by atoms with Crippen molar-refractivity contribution in [3.63, 3.8) is 0 Å². The van der Waals surface area contributed by atoms with Crippen molar-refractivity contribution in [2.75, 3.05) is 28.6 Å². The zero-order chi connectivity index (χ0) is 19.1. The van der Waals surface area contributed by atoms with E-state index in [4.69, 9.17) is 4.52 Å². The van der Waals surface area contributed by atoms with Crippen molar-refractivity contribution in [3.05, 3.63) is 48.4 Å². The first-order valence-corrected chi connectivity index (χ1v) is 9.33. The number of benzene rings is 1. The van der Waals surface area contributed by atoms with Gasteiger partial charge in [0.15, 0.2) is 5.82 Å². The number of pyridine rings is 1. The van der Waals surface area contributed by atoms with Crippen LogP contribution in [0.2, 0.25) is 0 Å². The number of anilines is 3. The van der Waals surface area contributed by atoms with Crippen molar-refractivity contribution in [2.45, 2.75) is 25.3 Å². The third-order valence-corrected chi connectivity index (χ3v) is 5.45. The largest absolute Gasteiger partial charge is 0.369 e. The molecule has 8 nitrogen and oxygen atoms in total. The predicted molar refractivity (Wildman–Crippen MR) is 105 cm³/mol. The van der Waals surface area contributed by atoms with Crippen LogP contribution in [-0.2, 0) is 4.79 Å². The molecule has 0 atom stereocenters. The Kier molecular flexibility index (Phi) is 3.78. The van der Waals surface area contributed by atoms with E-state index in [1.54, 1.807) is 13.1 Å². The highest BCUT2D eigenvalue weighted by molar-refractivity contribution is 6.06. The van der Waals surface area contributed by atoms with Crippen LogP contribution in [-0.4, -0.2) is 39.7 Å². The van der Waals surface area contributed by atoms with E-state index in [9.17, 15) is 4.79 Å². The first-order valence-electron chi connectivity index (χ1n) is 9.33. The predicted octanol–water partition coefficient (Wildman–Crippen LogP) is 2.84. The molecule has 4 heterocycles. The van der Waals surface area contributed by atoms with Gasteiger partial charge in [-0.3, -0.25) is 4.79 Å². The van der Waals surface area contributed by atoms with Gasteiger partial charge in [0, 0.05) is 19.3 Å². The fourth-order valence-corrected chi connectivity index (χ4v) is 3.84. The normalized spacial score (nSPS) is 17.8. The maximum absolute atomic E-state index is 12.7. The lowest BCUT2D eigenvalue weighted by Gasteiger charge is -2.44. The molecule has 8 heteroatoms. The zero-order valence-electron chi connectivity index (χ0n) is 15.5. The summed E-state index contributed by atoms with van der Waals surface area (Å²) in [6.07, 6.45) is 3.16. The number of hydrogen-bond acceptors (Lipinski definition) is 7. The van der Waals surface area contributed by atoms with Gasteiger partial charge in [-0.15, -0.1) is 0 Å². The maximum atomic E-state index is 12.7. The molecule has 3 aromatic rings. The molecule has 142 valence electrons. The maximum Gasteiger partial charge on any atom is 0.259 e. The van der Waals surface area contributed by atoms with Crippen LogP contribution in [0.1, 0.15) is 18.7 Å². The van der Waals surface area contributed by atoms with Gasteiger partial charge < -0.3 is 20.1 Å². The minimum atomic E-state index is -0.563. The summed E-state index contributed by atoms with van der Waals surface area (Å²) >= 11 is 0. The molecule has 0 aliphatic carbocycles. The average molecular weight is 376 g/mol. The van der Waals surface area contributed by atoms with Crippen molar-refractivity contribution < 1.29 is 9.32 Å². The molecule has 1 spiro atoms. The van der Waals surface area contributed by atoms with E-state index in [0.717, 1.165) is 35.8 Å². The summed E-state index contributed by atoms with van der Waals surface area (Å²) in [7, 11) is 0. The van der Waals surface area contributed by atoms with Crippen molar-refractivity contribution in [2.24, 2.45) is 0 Å². The smallest absolute Gasteiger partial charge is 0.259 e. The van der Waals surface area contributed by atoms with Crippen LogP contribution in [0, 0.1) is 6.92 Å². The highest BCUT2D eigenvalue weighted by atomic mass is 16.5. The molecule has 5 rings (SSSR count). The second-order valence-electron chi connectivity index (χ2n) is 7.25. The Morgan fingerprint density at radius 3 is 2.57 bits per heavy atom. The molecule has 1 saturated heterocycles. The molecule has 2 aromatic heterocycles. The van der Waals surface area contributed by atoms with Gasteiger partial charge in [0.2, 0.25) is 5.91 Å². The topological polar surface area (TPSA) is 96.2 Å². The number of para-hydroxylation sites is 2. The Morgan fingerprint density at radius 2 is 1.89 bits per heavy atom. The third-order valence-electron chi connectivity index (χ3n) is 5.45. The fourth-order valence-electron chi connectivity index (χ4n) is 3.84. The Labute approximate surface area is 162 Å². The van der Waals surface area contributed by atoms with Gasteiger partial charge >= 0.3 is 0 Å². The molecular formula is C20H20N6O2. The van der Waals surface area contributed by atoms with Crippen LogP contribution >= 0.6 is 0 Å². The van der Waals surface area contributed by atoms with Crippen LogP contribution in [0.25, 0.3) is 11.5 Å². The summed E-state index contributed by atoms with van der Waals surface area (Å²) in [6, 6.07) is 11.7. The molecule has 0 saturated carbocycles. The number of piperidine rings is 1. The number of nitrogens with one attached hydrogen (secondary N) is 2. The second-order valence-corrected chi connectivity index (χ2v) is 7.25. The van der Waals surface area contributed by atoms with E-state index < -0.39 is 5.54 Å². The van der Waals surface area contributed by atoms with Crippen LogP contribution < -0.4 is 15.5 Å². The first-order chi connectivity index (χ1) is 13.6. The van der Waals surface area contributed by atoms with E-state index in [0.29, 0.717) is 24.6 Å². The molecule has 2 aliphatic rings. The Hall–Kier alpha value is -3.42. The number of aromatic nitrogens is 3. The minimum absolute atomic E-state index is 0.0425. The number of carbonyl (C=O) groups excluding carboxylic acids is 1. The van der Waals surface area contributed by atoms with Gasteiger partial charge in [0.25, 0.3) is 5.89 Å². The highest BCUT2D eigenvalue weighted by Gasteiger charge is 2.44. The van der Waals surface area contributed by atoms with Crippen molar-refractivity contribution >= 4 is 23.1 Å². The van der Waals surface area contributed by atoms with Gasteiger partial charge in [0.05, 0.1) is 16.9 Å². The molecule has 0 unspecified atom stereocenters. The Bertz CT molecular complexity index is 1020. The van der Waals surface area contributed by atoms with E-state index in [2.05, 4.69) is 30.7 Å². The number of amides is 1.